The fraction of sp³-hybridized carbons (Fsp3) is 0.0833. The van der Waals surface area contributed by atoms with Crippen molar-refractivity contribution < 1.29 is 4.39 Å². The fourth-order valence-corrected chi connectivity index (χ4v) is 1.59. The van der Waals surface area contributed by atoms with Crippen LogP contribution in [-0.4, -0.2) is 4.98 Å². The first-order chi connectivity index (χ1) is 8.20. The van der Waals surface area contributed by atoms with Gasteiger partial charge >= 0.3 is 0 Å². The SMILES string of the molecule is NCc1ncc(Nc2ccccc2Cl)cc1F. The van der Waals surface area contributed by atoms with Crippen LogP contribution < -0.4 is 11.1 Å². The van der Waals surface area contributed by atoms with Gasteiger partial charge in [-0.3, -0.25) is 4.98 Å². The van der Waals surface area contributed by atoms with Gasteiger partial charge in [0.05, 0.1) is 28.3 Å². The molecule has 0 fully saturated rings. The number of pyridine rings is 1. The quantitative estimate of drug-likeness (QED) is 0.881. The lowest BCUT2D eigenvalue weighted by Gasteiger charge is -2.08. The zero-order chi connectivity index (χ0) is 12.3. The van der Waals surface area contributed by atoms with Gasteiger partial charge in [0.2, 0.25) is 0 Å². The zero-order valence-corrected chi connectivity index (χ0v) is 9.71. The standard InChI is InChI=1S/C12H11ClFN3/c13-9-3-1-2-4-11(9)17-8-5-10(14)12(6-15)16-7-8/h1-5,7,17H,6,15H2. The molecule has 2 aromatic rings. The van der Waals surface area contributed by atoms with Crippen LogP contribution in [0.2, 0.25) is 5.02 Å². The zero-order valence-electron chi connectivity index (χ0n) is 8.95. The summed E-state index contributed by atoms with van der Waals surface area (Å²) in [5.74, 6) is -0.426. The highest BCUT2D eigenvalue weighted by Crippen LogP contribution is 2.24. The Morgan fingerprint density at radius 2 is 2.12 bits per heavy atom. The normalized spacial score (nSPS) is 10.3. The van der Waals surface area contributed by atoms with Gasteiger partial charge in [-0.05, 0) is 12.1 Å². The number of aromatic nitrogens is 1. The van der Waals surface area contributed by atoms with E-state index >= 15 is 0 Å². The van der Waals surface area contributed by atoms with Gasteiger partial charge in [0.25, 0.3) is 0 Å². The Bertz CT molecular complexity index is 531. The molecule has 0 saturated heterocycles. The third-order valence-electron chi connectivity index (χ3n) is 2.26. The Hall–Kier alpha value is -1.65. The summed E-state index contributed by atoms with van der Waals surface area (Å²) in [6, 6.07) is 8.56. The molecule has 1 heterocycles. The number of rotatable bonds is 3. The maximum Gasteiger partial charge on any atom is 0.148 e. The summed E-state index contributed by atoms with van der Waals surface area (Å²) < 4.78 is 13.4. The van der Waals surface area contributed by atoms with E-state index in [0.717, 1.165) is 0 Å². The topological polar surface area (TPSA) is 50.9 Å². The molecule has 0 unspecified atom stereocenters. The Kier molecular flexibility index (Phi) is 3.56. The van der Waals surface area contributed by atoms with Crippen molar-refractivity contribution in [3.63, 3.8) is 0 Å². The van der Waals surface area contributed by atoms with E-state index < -0.39 is 5.82 Å². The maximum absolute atomic E-state index is 13.4. The average molecular weight is 252 g/mol. The van der Waals surface area contributed by atoms with E-state index in [-0.39, 0.29) is 12.2 Å². The molecule has 0 aliphatic rings. The Labute approximate surface area is 103 Å². The third kappa shape index (κ3) is 2.72. The second-order valence-corrected chi connectivity index (χ2v) is 3.87. The van der Waals surface area contributed by atoms with Gasteiger partial charge in [-0.25, -0.2) is 4.39 Å². The summed E-state index contributed by atoms with van der Waals surface area (Å²) in [5, 5.41) is 3.55. The van der Waals surface area contributed by atoms with Crippen molar-refractivity contribution in [2.75, 3.05) is 5.32 Å². The van der Waals surface area contributed by atoms with Crippen molar-refractivity contribution in [1.82, 2.24) is 4.98 Å². The van der Waals surface area contributed by atoms with Crippen LogP contribution in [0.15, 0.2) is 36.5 Å². The molecular formula is C12H11ClFN3. The highest BCUT2D eigenvalue weighted by Gasteiger charge is 2.05. The molecule has 1 aromatic heterocycles. The van der Waals surface area contributed by atoms with Crippen LogP contribution in [0.1, 0.15) is 5.69 Å². The molecular weight excluding hydrogens is 241 g/mol. The van der Waals surface area contributed by atoms with E-state index in [2.05, 4.69) is 10.3 Å². The van der Waals surface area contributed by atoms with Crippen LogP contribution in [0.25, 0.3) is 0 Å². The summed E-state index contributed by atoms with van der Waals surface area (Å²) in [5.41, 5.74) is 6.82. The van der Waals surface area contributed by atoms with Gasteiger partial charge in [0, 0.05) is 12.6 Å². The van der Waals surface area contributed by atoms with Gasteiger partial charge in [0.1, 0.15) is 5.82 Å². The van der Waals surface area contributed by atoms with E-state index in [1.54, 1.807) is 12.1 Å². The Morgan fingerprint density at radius 3 is 2.76 bits per heavy atom. The number of nitrogens with one attached hydrogen (secondary N) is 1. The summed E-state index contributed by atoms with van der Waals surface area (Å²) in [6.45, 7) is 0.0816. The number of nitrogens with two attached hydrogens (primary N) is 1. The first-order valence-corrected chi connectivity index (χ1v) is 5.44. The van der Waals surface area contributed by atoms with Gasteiger partial charge < -0.3 is 11.1 Å². The van der Waals surface area contributed by atoms with Gasteiger partial charge in [-0.2, -0.15) is 0 Å². The second-order valence-electron chi connectivity index (χ2n) is 3.46. The lowest BCUT2D eigenvalue weighted by atomic mass is 10.3. The number of hydrogen-bond donors (Lipinski definition) is 2. The van der Waals surface area contributed by atoms with Crippen molar-refractivity contribution in [3.8, 4) is 0 Å². The van der Waals surface area contributed by atoms with Crippen LogP contribution >= 0.6 is 11.6 Å². The monoisotopic (exact) mass is 251 g/mol. The van der Waals surface area contributed by atoms with Crippen molar-refractivity contribution in [1.29, 1.82) is 0 Å². The van der Waals surface area contributed by atoms with Gasteiger partial charge in [-0.1, -0.05) is 23.7 Å². The fourth-order valence-electron chi connectivity index (χ4n) is 1.40. The van der Waals surface area contributed by atoms with Crippen molar-refractivity contribution >= 4 is 23.0 Å². The number of benzene rings is 1. The van der Waals surface area contributed by atoms with Crippen LogP contribution in [0.5, 0.6) is 0 Å². The number of para-hydroxylation sites is 1. The molecule has 0 amide bonds. The molecule has 5 heteroatoms. The summed E-state index contributed by atoms with van der Waals surface area (Å²) in [6.07, 6.45) is 1.52. The molecule has 0 bridgehead atoms. The minimum absolute atomic E-state index is 0.0816. The smallest absolute Gasteiger partial charge is 0.148 e. The minimum Gasteiger partial charge on any atom is -0.353 e. The van der Waals surface area contributed by atoms with E-state index in [1.165, 1.54) is 12.3 Å². The third-order valence-corrected chi connectivity index (χ3v) is 2.59. The van der Waals surface area contributed by atoms with Crippen LogP contribution in [0, 0.1) is 5.82 Å². The van der Waals surface area contributed by atoms with Crippen molar-refractivity contribution in [2.45, 2.75) is 6.54 Å². The molecule has 0 radical (unpaired) electrons. The summed E-state index contributed by atoms with van der Waals surface area (Å²) >= 11 is 5.98. The molecule has 2 rings (SSSR count). The highest BCUT2D eigenvalue weighted by molar-refractivity contribution is 6.33. The van der Waals surface area contributed by atoms with Crippen molar-refractivity contribution in [2.24, 2.45) is 5.73 Å². The largest absolute Gasteiger partial charge is 0.353 e. The number of hydrogen-bond acceptors (Lipinski definition) is 3. The first kappa shape index (κ1) is 11.8. The highest BCUT2D eigenvalue weighted by atomic mass is 35.5. The number of halogens is 2. The van der Waals surface area contributed by atoms with Crippen LogP contribution in [0.3, 0.4) is 0 Å². The van der Waals surface area contributed by atoms with E-state index in [4.69, 9.17) is 17.3 Å². The molecule has 17 heavy (non-hydrogen) atoms. The minimum atomic E-state index is -0.426. The molecule has 0 aliphatic carbocycles. The summed E-state index contributed by atoms with van der Waals surface area (Å²) in [4.78, 5) is 3.92. The Morgan fingerprint density at radius 1 is 1.35 bits per heavy atom. The van der Waals surface area contributed by atoms with Gasteiger partial charge in [-0.15, -0.1) is 0 Å². The number of anilines is 2. The lowest BCUT2D eigenvalue weighted by Crippen LogP contribution is -2.04. The van der Waals surface area contributed by atoms with E-state index in [0.29, 0.717) is 16.4 Å². The second kappa shape index (κ2) is 5.12. The molecule has 88 valence electrons. The predicted molar refractivity (Wildman–Crippen MR) is 66.8 cm³/mol. The molecule has 0 aliphatic heterocycles. The van der Waals surface area contributed by atoms with Crippen LogP contribution in [-0.2, 0) is 6.54 Å². The number of nitrogens with zero attached hydrogens (tertiary/aromatic N) is 1. The molecule has 0 spiro atoms. The Balaban J connectivity index is 2.25. The predicted octanol–water partition coefficient (Wildman–Crippen LogP) is 3.08. The average Bonchev–Trinajstić information content (AvgIpc) is 2.32. The molecule has 1 aromatic carbocycles. The maximum atomic E-state index is 13.4. The van der Waals surface area contributed by atoms with Crippen LogP contribution in [0.4, 0.5) is 15.8 Å². The lowest BCUT2D eigenvalue weighted by molar-refractivity contribution is 0.600. The molecule has 3 N–H and O–H groups in total. The molecule has 3 nitrogen and oxygen atoms in total. The summed E-state index contributed by atoms with van der Waals surface area (Å²) in [7, 11) is 0. The van der Waals surface area contributed by atoms with E-state index in [9.17, 15) is 4.39 Å². The van der Waals surface area contributed by atoms with Crippen molar-refractivity contribution in [3.05, 3.63) is 53.1 Å². The first-order valence-electron chi connectivity index (χ1n) is 5.06. The molecule has 0 atom stereocenters. The van der Waals surface area contributed by atoms with Gasteiger partial charge in [0.15, 0.2) is 0 Å². The van der Waals surface area contributed by atoms with E-state index in [1.807, 2.05) is 12.1 Å². The molecule has 0 saturated carbocycles.